The molecule has 5 nitrogen and oxygen atoms in total. The molecule has 2 bridgehead atoms. The highest BCUT2D eigenvalue weighted by Crippen LogP contribution is 2.78. The molecule has 2 saturated carbocycles. The van der Waals surface area contributed by atoms with Crippen LogP contribution in [0.15, 0.2) is 11.6 Å². The van der Waals surface area contributed by atoms with Gasteiger partial charge >= 0.3 is 5.97 Å². The van der Waals surface area contributed by atoms with E-state index in [9.17, 15) is 15.0 Å². The van der Waals surface area contributed by atoms with Crippen LogP contribution in [-0.2, 0) is 14.3 Å². The van der Waals surface area contributed by atoms with E-state index in [-0.39, 0.29) is 30.2 Å². The molecular formula is C18H26O5. The Bertz CT molecular complexity index is 580. The molecule has 0 aromatic carbocycles. The fourth-order valence-electron chi connectivity index (χ4n) is 5.84. The number of hydrogen-bond acceptors (Lipinski definition) is 5. The monoisotopic (exact) mass is 322 g/mol. The number of carbonyl (C=O) groups excluding carboxylic acids is 1. The van der Waals surface area contributed by atoms with Crippen molar-refractivity contribution in [3.63, 3.8) is 0 Å². The molecule has 4 rings (SSSR count). The SMILES string of the molecule is CC(=O)OC[C@]12CCC(C)=C[C@@H]1O[C@H]1[C@H](O)[C@H](O)[C@]2(C)C12CC2. The first-order chi connectivity index (χ1) is 10.8. The molecule has 0 unspecified atom stereocenters. The van der Waals surface area contributed by atoms with Crippen LogP contribution in [0.2, 0.25) is 0 Å². The second kappa shape index (κ2) is 4.58. The molecule has 0 aromatic rings. The van der Waals surface area contributed by atoms with Gasteiger partial charge in [-0.15, -0.1) is 0 Å². The van der Waals surface area contributed by atoms with Gasteiger partial charge in [0, 0.05) is 23.2 Å². The van der Waals surface area contributed by atoms with Crippen molar-refractivity contribution in [2.45, 2.75) is 70.9 Å². The molecule has 4 aliphatic rings. The van der Waals surface area contributed by atoms with E-state index in [1.807, 2.05) is 0 Å². The van der Waals surface area contributed by atoms with Gasteiger partial charge < -0.3 is 19.7 Å². The van der Waals surface area contributed by atoms with Crippen LogP contribution in [0.25, 0.3) is 0 Å². The summed E-state index contributed by atoms with van der Waals surface area (Å²) in [5.41, 5.74) is 0.107. The fourth-order valence-corrected chi connectivity index (χ4v) is 5.84. The molecule has 23 heavy (non-hydrogen) atoms. The summed E-state index contributed by atoms with van der Waals surface area (Å²) in [5, 5.41) is 21.6. The Balaban J connectivity index is 1.85. The first kappa shape index (κ1) is 15.6. The minimum atomic E-state index is -0.865. The second-order valence-corrected chi connectivity index (χ2v) is 8.22. The van der Waals surface area contributed by atoms with E-state index in [1.165, 1.54) is 12.5 Å². The number of aliphatic hydroxyl groups is 2. The van der Waals surface area contributed by atoms with Crippen molar-refractivity contribution >= 4 is 5.97 Å². The third-order valence-electron chi connectivity index (χ3n) is 7.40. The maximum atomic E-state index is 11.5. The number of carbonyl (C=O) groups is 1. The van der Waals surface area contributed by atoms with Crippen molar-refractivity contribution in [1.82, 2.24) is 0 Å². The number of hydrogen-bond donors (Lipinski definition) is 2. The highest BCUT2D eigenvalue weighted by molar-refractivity contribution is 5.66. The van der Waals surface area contributed by atoms with Gasteiger partial charge in [0.15, 0.2) is 0 Å². The molecule has 2 N–H and O–H groups in total. The number of fused-ring (bicyclic) bond motifs is 2. The van der Waals surface area contributed by atoms with Gasteiger partial charge in [-0.3, -0.25) is 4.79 Å². The van der Waals surface area contributed by atoms with Crippen molar-refractivity contribution in [3.05, 3.63) is 11.6 Å². The normalized spacial score (nSPS) is 49.5. The van der Waals surface area contributed by atoms with Gasteiger partial charge in [0.25, 0.3) is 0 Å². The standard InChI is InChI=1S/C18H26O5/c1-10-4-5-18(9-22-11(2)19)12(8-10)23-15-13(20)14(21)16(18,3)17(15)6-7-17/h8,12-15,20-21H,4-7,9H2,1-3H3/t12-,13+,14-,15-,16+,18+/m0/s1. The minimum absolute atomic E-state index is 0.179. The number of esters is 1. The summed E-state index contributed by atoms with van der Waals surface area (Å²) in [7, 11) is 0. The summed E-state index contributed by atoms with van der Waals surface area (Å²) in [4.78, 5) is 11.5. The molecule has 0 aromatic heterocycles. The smallest absolute Gasteiger partial charge is 0.302 e. The third-order valence-corrected chi connectivity index (χ3v) is 7.40. The Morgan fingerprint density at radius 2 is 2.09 bits per heavy atom. The molecule has 5 heteroatoms. The van der Waals surface area contributed by atoms with E-state index in [4.69, 9.17) is 9.47 Å². The van der Waals surface area contributed by atoms with Crippen LogP contribution in [0.4, 0.5) is 0 Å². The molecule has 6 atom stereocenters. The lowest BCUT2D eigenvalue weighted by Gasteiger charge is -2.59. The summed E-state index contributed by atoms with van der Waals surface area (Å²) in [5.74, 6) is -0.312. The van der Waals surface area contributed by atoms with Crippen LogP contribution < -0.4 is 0 Å². The van der Waals surface area contributed by atoms with Gasteiger partial charge in [0.05, 0.1) is 18.3 Å². The third kappa shape index (κ3) is 1.66. The Labute approximate surface area is 136 Å². The van der Waals surface area contributed by atoms with Crippen molar-refractivity contribution in [3.8, 4) is 0 Å². The zero-order valence-corrected chi connectivity index (χ0v) is 14.0. The predicted molar refractivity (Wildman–Crippen MR) is 82.5 cm³/mol. The molecule has 0 radical (unpaired) electrons. The fraction of sp³-hybridized carbons (Fsp3) is 0.833. The summed E-state index contributed by atoms with van der Waals surface area (Å²) in [6.45, 7) is 5.82. The van der Waals surface area contributed by atoms with Gasteiger partial charge in [-0.2, -0.15) is 0 Å². The minimum Gasteiger partial charge on any atom is -0.465 e. The zero-order chi connectivity index (χ0) is 16.6. The van der Waals surface area contributed by atoms with Gasteiger partial charge in [-0.1, -0.05) is 18.6 Å². The maximum absolute atomic E-state index is 11.5. The zero-order valence-electron chi connectivity index (χ0n) is 14.0. The first-order valence-corrected chi connectivity index (χ1v) is 8.61. The quantitative estimate of drug-likeness (QED) is 0.596. The van der Waals surface area contributed by atoms with Gasteiger partial charge in [-0.25, -0.2) is 0 Å². The van der Waals surface area contributed by atoms with Crippen LogP contribution >= 0.6 is 0 Å². The predicted octanol–water partition coefficient (Wildman–Crippen LogP) is 1.57. The van der Waals surface area contributed by atoms with Gasteiger partial charge in [0.1, 0.15) is 12.7 Å². The average molecular weight is 322 g/mol. The summed E-state index contributed by atoms with van der Waals surface area (Å²) < 4.78 is 11.8. The van der Waals surface area contributed by atoms with Crippen LogP contribution in [-0.4, -0.2) is 47.2 Å². The maximum Gasteiger partial charge on any atom is 0.302 e. The lowest BCUT2D eigenvalue weighted by atomic mass is 9.50. The lowest BCUT2D eigenvalue weighted by Crippen LogP contribution is -2.63. The number of allylic oxidation sites excluding steroid dienone is 1. The van der Waals surface area contributed by atoms with E-state index in [0.29, 0.717) is 0 Å². The van der Waals surface area contributed by atoms with E-state index in [0.717, 1.165) is 25.7 Å². The second-order valence-electron chi connectivity index (χ2n) is 8.22. The van der Waals surface area contributed by atoms with Crippen LogP contribution in [0.5, 0.6) is 0 Å². The molecule has 0 amide bonds. The van der Waals surface area contributed by atoms with Gasteiger partial charge in [-0.05, 0) is 32.6 Å². The molecule has 128 valence electrons. The van der Waals surface area contributed by atoms with E-state index >= 15 is 0 Å². The molecule has 1 heterocycles. The number of rotatable bonds is 2. The largest absolute Gasteiger partial charge is 0.465 e. The molecule has 1 aliphatic heterocycles. The Morgan fingerprint density at radius 1 is 1.39 bits per heavy atom. The highest BCUT2D eigenvalue weighted by Gasteiger charge is 2.82. The van der Waals surface area contributed by atoms with Crippen LogP contribution in [0, 0.1) is 16.2 Å². The van der Waals surface area contributed by atoms with Crippen molar-refractivity contribution in [2.75, 3.05) is 6.61 Å². The summed E-state index contributed by atoms with van der Waals surface area (Å²) >= 11 is 0. The Kier molecular flexibility index (Phi) is 3.11. The first-order valence-electron chi connectivity index (χ1n) is 8.61. The highest BCUT2D eigenvalue weighted by atomic mass is 16.5. The van der Waals surface area contributed by atoms with Crippen LogP contribution in [0.1, 0.15) is 46.5 Å². The lowest BCUT2D eigenvalue weighted by molar-refractivity contribution is -0.234. The van der Waals surface area contributed by atoms with E-state index in [1.54, 1.807) is 0 Å². The van der Waals surface area contributed by atoms with Gasteiger partial charge in [0.2, 0.25) is 0 Å². The molecule has 1 saturated heterocycles. The molecule has 3 aliphatic carbocycles. The molecule has 1 spiro atoms. The summed E-state index contributed by atoms with van der Waals surface area (Å²) in [6.07, 6.45) is 3.49. The van der Waals surface area contributed by atoms with Crippen molar-refractivity contribution in [1.29, 1.82) is 0 Å². The van der Waals surface area contributed by atoms with Crippen LogP contribution in [0.3, 0.4) is 0 Å². The average Bonchev–Trinajstić information content (AvgIpc) is 3.28. The number of ether oxygens (including phenoxy) is 2. The summed E-state index contributed by atoms with van der Waals surface area (Å²) in [6, 6.07) is 0. The number of aliphatic hydroxyl groups excluding tert-OH is 2. The topological polar surface area (TPSA) is 76.0 Å². The van der Waals surface area contributed by atoms with E-state index in [2.05, 4.69) is 19.9 Å². The molecular weight excluding hydrogens is 296 g/mol. The molecule has 3 fully saturated rings. The Morgan fingerprint density at radius 3 is 2.70 bits per heavy atom. The van der Waals surface area contributed by atoms with E-state index < -0.39 is 23.0 Å². The Hall–Kier alpha value is -0.910. The van der Waals surface area contributed by atoms with Crippen molar-refractivity contribution in [2.24, 2.45) is 16.2 Å². The van der Waals surface area contributed by atoms with Crippen molar-refractivity contribution < 1.29 is 24.5 Å².